The number of nitro groups is 1. The zero-order chi connectivity index (χ0) is 24.8. The van der Waals surface area contributed by atoms with Crippen molar-refractivity contribution in [1.82, 2.24) is 4.31 Å². The number of carbonyl (C=O) groups is 1. The summed E-state index contributed by atoms with van der Waals surface area (Å²) < 4.78 is 37.8. The Morgan fingerprint density at radius 2 is 1.63 bits per heavy atom. The van der Waals surface area contributed by atoms with Gasteiger partial charge in [0, 0.05) is 24.8 Å². The number of hydrogen-bond donors (Lipinski definition) is 1. The summed E-state index contributed by atoms with van der Waals surface area (Å²) >= 11 is 0. The van der Waals surface area contributed by atoms with Gasteiger partial charge >= 0.3 is 5.69 Å². The number of rotatable bonds is 9. The quantitative estimate of drug-likeness (QED) is 0.347. The van der Waals surface area contributed by atoms with Crippen LogP contribution in [0.4, 0.5) is 11.4 Å². The lowest BCUT2D eigenvalue weighted by Crippen LogP contribution is -2.28. The van der Waals surface area contributed by atoms with Crippen LogP contribution < -0.4 is 14.8 Å². The molecule has 0 aromatic heterocycles. The smallest absolute Gasteiger partial charge is 0.312 e. The summed E-state index contributed by atoms with van der Waals surface area (Å²) in [5.74, 6) is 0.533. The Balaban J connectivity index is 1.38. The maximum absolute atomic E-state index is 12.7. The molecule has 1 aliphatic heterocycles. The number of nitrogens with zero attached hydrogens (tertiary/aromatic N) is 2. The molecule has 1 N–H and O–H groups in total. The molecular formula is C24H23N3O7S. The van der Waals surface area contributed by atoms with E-state index < -0.39 is 33.1 Å². The SMILES string of the molecule is O=C(COc1ccc(S(=O)(=O)N2CCCC2)cc1[N+](=O)[O-])Nc1ccc(Oc2ccccc2)cc1. The van der Waals surface area contributed by atoms with Crippen molar-refractivity contribution in [2.45, 2.75) is 17.7 Å². The topological polar surface area (TPSA) is 128 Å². The van der Waals surface area contributed by atoms with Crippen molar-refractivity contribution in [2.24, 2.45) is 0 Å². The first-order chi connectivity index (χ1) is 16.8. The van der Waals surface area contributed by atoms with Gasteiger partial charge in [0.2, 0.25) is 10.0 Å². The fraction of sp³-hybridized carbons (Fsp3) is 0.208. The summed E-state index contributed by atoms with van der Waals surface area (Å²) in [4.78, 5) is 22.9. The van der Waals surface area contributed by atoms with E-state index in [1.807, 2.05) is 30.3 Å². The Kier molecular flexibility index (Phi) is 7.28. The summed E-state index contributed by atoms with van der Waals surface area (Å²) in [5, 5.41) is 14.2. The standard InChI is InChI=1S/C24H23N3O7S/c28-24(25-18-8-10-20(11-9-18)34-19-6-2-1-3-7-19)17-33-23-13-12-21(16-22(23)27(29)30)35(31,32)26-14-4-5-15-26/h1-3,6-13,16H,4-5,14-15,17H2,(H,25,28). The van der Waals surface area contributed by atoms with E-state index in [9.17, 15) is 23.3 Å². The van der Waals surface area contributed by atoms with E-state index in [4.69, 9.17) is 9.47 Å². The summed E-state index contributed by atoms with van der Waals surface area (Å²) in [6.07, 6.45) is 1.50. The van der Waals surface area contributed by atoms with Crippen molar-refractivity contribution in [3.63, 3.8) is 0 Å². The molecule has 0 atom stereocenters. The first-order valence-corrected chi connectivity index (χ1v) is 12.3. The van der Waals surface area contributed by atoms with Crippen molar-refractivity contribution < 1.29 is 27.6 Å². The number of ether oxygens (including phenoxy) is 2. The molecule has 0 unspecified atom stereocenters. The number of para-hydroxylation sites is 1. The highest BCUT2D eigenvalue weighted by molar-refractivity contribution is 7.89. The Labute approximate surface area is 202 Å². The van der Waals surface area contributed by atoms with Gasteiger partial charge in [0.25, 0.3) is 5.91 Å². The third-order valence-electron chi connectivity index (χ3n) is 5.31. The average Bonchev–Trinajstić information content (AvgIpc) is 3.40. The van der Waals surface area contributed by atoms with Gasteiger partial charge in [-0.2, -0.15) is 4.31 Å². The Morgan fingerprint density at radius 1 is 0.971 bits per heavy atom. The van der Waals surface area contributed by atoms with Crippen LogP contribution in [-0.2, 0) is 14.8 Å². The first kappa shape index (κ1) is 24.2. The molecule has 0 radical (unpaired) electrons. The van der Waals surface area contributed by atoms with Gasteiger partial charge in [-0.1, -0.05) is 18.2 Å². The van der Waals surface area contributed by atoms with E-state index in [2.05, 4.69) is 5.32 Å². The average molecular weight is 498 g/mol. The van der Waals surface area contributed by atoms with Gasteiger partial charge in [-0.3, -0.25) is 14.9 Å². The first-order valence-electron chi connectivity index (χ1n) is 10.9. The molecule has 1 amide bonds. The minimum Gasteiger partial charge on any atom is -0.477 e. The lowest BCUT2D eigenvalue weighted by molar-refractivity contribution is -0.386. The number of sulfonamides is 1. The Morgan fingerprint density at radius 3 is 2.29 bits per heavy atom. The highest BCUT2D eigenvalue weighted by Crippen LogP contribution is 2.32. The van der Waals surface area contributed by atoms with E-state index in [-0.39, 0.29) is 10.6 Å². The maximum Gasteiger partial charge on any atom is 0.312 e. The summed E-state index contributed by atoms with van der Waals surface area (Å²) in [5.41, 5.74) is -0.0407. The molecule has 0 aliphatic carbocycles. The van der Waals surface area contributed by atoms with E-state index in [1.54, 1.807) is 24.3 Å². The highest BCUT2D eigenvalue weighted by Gasteiger charge is 2.30. The summed E-state index contributed by atoms with van der Waals surface area (Å²) in [6, 6.07) is 19.3. The zero-order valence-corrected chi connectivity index (χ0v) is 19.4. The van der Waals surface area contributed by atoms with Crippen molar-refractivity contribution in [3.8, 4) is 17.2 Å². The number of carbonyl (C=O) groups excluding carboxylic acids is 1. The molecule has 10 nitrogen and oxygen atoms in total. The van der Waals surface area contributed by atoms with Crippen LogP contribution in [0.15, 0.2) is 77.7 Å². The molecule has 1 aliphatic rings. The second-order valence-corrected chi connectivity index (χ2v) is 9.71. The summed E-state index contributed by atoms with van der Waals surface area (Å²) in [6.45, 7) is 0.267. The molecule has 1 saturated heterocycles. The minimum atomic E-state index is -3.82. The van der Waals surface area contributed by atoms with E-state index in [0.717, 1.165) is 18.9 Å². The number of anilines is 1. The molecular weight excluding hydrogens is 474 g/mol. The predicted octanol–water partition coefficient (Wildman–Crippen LogP) is 4.19. The van der Waals surface area contributed by atoms with Crippen LogP contribution in [0.3, 0.4) is 0 Å². The molecule has 11 heteroatoms. The molecule has 1 heterocycles. The van der Waals surface area contributed by atoms with Crippen LogP contribution in [0.1, 0.15) is 12.8 Å². The fourth-order valence-corrected chi connectivity index (χ4v) is 5.11. The Hall–Kier alpha value is -3.96. The van der Waals surface area contributed by atoms with Gasteiger partial charge in [-0.15, -0.1) is 0 Å². The maximum atomic E-state index is 12.7. The minimum absolute atomic E-state index is 0.180. The number of benzene rings is 3. The van der Waals surface area contributed by atoms with Crippen LogP contribution >= 0.6 is 0 Å². The zero-order valence-electron chi connectivity index (χ0n) is 18.6. The lowest BCUT2D eigenvalue weighted by atomic mass is 10.3. The van der Waals surface area contributed by atoms with Gasteiger partial charge in [0.1, 0.15) is 11.5 Å². The fourth-order valence-electron chi connectivity index (χ4n) is 3.57. The van der Waals surface area contributed by atoms with Crippen molar-refractivity contribution in [2.75, 3.05) is 25.0 Å². The molecule has 0 saturated carbocycles. The predicted molar refractivity (Wildman–Crippen MR) is 128 cm³/mol. The number of nitro benzene ring substituents is 1. The molecule has 3 aromatic rings. The van der Waals surface area contributed by atoms with Gasteiger partial charge < -0.3 is 14.8 Å². The molecule has 1 fully saturated rings. The van der Waals surface area contributed by atoms with Crippen molar-refractivity contribution >= 4 is 27.3 Å². The van der Waals surface area contributed by atoms with Crippen LogP contribution in [-0.4, -0.2) is 43.2 Å². The molecule has 4 rings (SSSR count). The van der Waals surface area contributed by atoms with Crippen LogP contribution in [0.5, 0.6) is 17.2 Å². The van der Waals surface area contributed by atoms with Crippen LogP contribution in [0.25, 0.3) is 0 Å². The van der Waals surface area contributed by atoms with Gasteiger partial charge in [0.05, 0.1) is 9.82 Å². The van der Waals surface area contributed by atoms with Gasteiger partial charge in [0.15, 0.2) is 12.4 Å². The largest absolute Gasteiger partial charge is 0.477 e. The lowest BCUT2D eigenvalue weighted by Gasteiger charge is -2.16. The molecule has 35 heavy (non-hydrogen) atoms. The van der Waals surface area contributed by atoms with Crippen LogP contribution in [0.2, 0.25) is 0 Å². The Bertz CT molecular complexity index is 1310. The van der Waals surface area contributed by atoms with Crippen molar-refractivity contribution in [1.29, 1.82) is 0 Å². The van der Waals surface area contributed by atoms with Gasteiger partial charge in [-0.25, -0.2) is 8.42 Å². The number of amides is 1. The van der Waals surface area contributed by atoms with Crippen LogP contribution in [0, 0.1) is 10.1 Å². The second kappa shape index (κ2) is 10.5. The third-order valence-corrected chi connectivity index (χ3v) is 7.20. The highest BCUT2D eigenvalue weighted by atomic mass is 32.2. The molecule has 3 aromatic carbocycles. The summed E-state index contributed by atoms with van der Waals surface area (Å²) in [7, 11) is -3.82. The third kappa shape index (κ3) is 5.94. The monoisotopic (exact) mass is 497 g/mol. The molecule has 0 bridgehead atoms. The molecule has 0 spiro atoms. The van der Waals surface area contributed by atoms with Gasteiger partial charge in [-0.05, 0) is 61.4 Å². The second-order valence-electron chi connectivity index (χ2n) is 7.77. The van der Waals surface area contributed by atoms with E-state index >= 15 is 0 Å². The van der Waals surface area contributed by atoms with E-state index in [1.165, 1.54) is 16.4 Å². The van der Waals surface area contributed by atoms with E-state index in [0.29, 0.717) is 30.3 Å². The normalized spacial score (nSPS) is 13.8. The molecule has 182 valence electrons. The number of nitrogens with one attached hydrogen (secondary N) is 1. The van der Waals surface area contributed by atoms with Crippen molar-refractivity contribution in [3.05, 3.63) is 82.9 Å². The number of hydrogen-bond acceptors (Lipinski definition) is 7.